The first-order valence-corrected chi connectivity index (χ1v) is 7.10. The first-order chi connectivity index (χ1) is 9.61. The highest BCUT2D eigenvalue weighted by atomic mass is 32.1. The molecule has 0 bridgehead atoms. The summed E-state index contributed by atoms with van der Waals surface area (Å²) in [7, 11) is 0. The molecule has 0 fully saturated rings. The van der Waals surface area contributed by atoms with Crippen molar-refractivity contribution in [3.8, 4) is 11.5 Å². The van der Waals surface area contributed by atoms with Gasteiger partial charge in [-0.1, -0.05) is 18.2 Å². The van der Waals surface area contributed by atoms with Crippen LogP contribution in [0.4, 0.5) is 0 Å². The third-order valence-electron chi connectivity index (χ3n) is 2.67. The molecule has 0 unspecified atom stereocenters. The van der Waals surface area contributed by atoms with Gasteiger partial charge >= 0.3 is 5.97 Å². The van der Waals surface area contributed by atoms with Crippen LogP contribution in [0.15, 0.2) is 30.3 Å². The van der Waals surface area contributed by atoms with Gasteiger partial charge in [0, 0.05) is 10.4 Å². The molecule has 5 heteroatoms. The molecule has 0 saturated carbocycles. The number of hydrogen-bond donors (Lipinski definition) is 1. The van der Waals surface area contributed by atoms with E-state index >= 15 is 0 Å². The second kappa shape index (κ2) is 6.43. The number of carboxylic acid groups (broad SMARTS) is 1. The number of hydrogen-bond acceptors (Lipinski definition) is 4. The highest BCUT2D eigenvalue weighted by Crippen LogP contribution is 2.30. The van der Waals surface area contributed by atoms with E-state index < -0.39 is 5.97 Å². The summed E-state index contributed by atoms with van der Waals surface area (Å²) in [5, 5.41) is 9.12. The Labute approximate surface area is 121 Å². The van der Waals surface area contributed by atoms with Gasteiger partial charge in [0.15, 0.2) is 4.88 Å². The van der Waals surface area contributed by atoms with Gasteiger partial charge in [-0.15, -0.1) is 11.3 Å². The van der Waals surface area contributed by atoms with Crippen molar-refractivity contribution in [1.29, 1.82) is 0 Å². The highest BCUT2D eigenvalue weighted by molar-refractivity contribution is 7.14. The molecule has 0 saturated heterocycles. The monoisotopic (exact) mass is 292 g/mol. The van der Waals surface area contributed by atoms with E-state index in [0.717, 1.165) is 16.2 Å². The molecule has 0 aliphatic heterocycles. The number of aromatic carboxylic acids is 1. The van der Waals surface area contributed by atoms with Gasteiger partial charge in [0.05, 0.1) is 6.61 Å². The molecule has 1 N–H and O–H groups in total. The lowest BCUT2D eigenvalue weighted by atomic mass is 10.2. The van der Waals surface area contributed by atoms with Crippen molar-refractivity contribution in [1.82, 2.24) is 0 Å². The van der Waals surface area contributed by atoms with Gasteiger partial charge in [-0.2, -0.15) is 0 Å². The molecule has 0 aliphatic carbocycles. The van der Waals surface area contributed by atoms with Crippen LogP contribution >= 0.6 is 11.3 Å². The Hall–Kier alpha value is -2.01. The van der Waals surface area contributed by atoms with Gasteiger partial charge in [0.25, 0.3) is 0 Å². The van der Waals surface area contributed by atoms with E-state index in [-0.39, 0.29) is 11.5 Å². The summed E-state index contributed by atoms with van der Waals surface area (Å²) in [5.74, 6) is 0.210. The third-order valence-corrected chi connectivity index (χ3v) is 3.69. The zero-order chi connectivity index (χ0) is 14.5. The van der Waals surface area contributed by atoms with Gasteiger partial charge in [0.1, 0.15) is 18.1 Å². The van der Waals surface area contributed by atoms with Crippen molar-refractivity contribution >= 4 is 17.3 Å². The lowest BCUT2D eigenvalue weighted by Gasteiger charge is -2.11. The van der Waals surface area contributed by atoms with Crippen LogP contribution in [0.2, 0.25) is 0 Å². The van der Waals surface area contributed by atoms with E-state index in [1.54, 1.807) is 6.07 Å². The topological polar surface area (TPSA) is 55.8 Å². The van der Waals surface area contributed by atoms with Crippen molar-refractivity contribution in [2.24, 2.45) is 0 Å². The summed E-state index contributed by atoms with van der Waals surface area (Å²) >= 11 is 1.22. The first kappa shape index (κ1) is 14.4. The van der Waals surface area contributed by atoms with E-state index in [0.29, 0.717) is 12.4 Å². The lowest BCUT2D eigenvalue weighted by molar-refractivity contribution is 0.0697. The fourth-order valence-corrected chi connectivity index (χ4v) is 2.62. The fourth-order valence-electron chi connectivity index (χ4n) is 1.82. The van der Waals surface area contributed by atoms with Crippen LogP contribution in [-0.4, -0.2) is 17.7 Å². The molecule has 0 spiro atoms. The Kier molecular flexibility index (Phi) is 4.63. The Bertz CT molecular complexity index is 604. The van der Waals surface area contributed by atoms with Gasteiger partial charge in [-0.05, 0) is 26.0 Å². The minimum atomic E-state index is -0.962. The molecule has 1 aromatic heterocycles. The number of aryl methyl sites for hydroxylation is 1. The molecule has 2 rings (SSSR count). The molecule has 2 aromatic rings. The number of thiophene rings is 1. The van der Waals surface area contributed by atoms with Crippen LogP contribution in [0.1, 0.15) is 27.0 Å². The minimum Gasteiger partial charge on any atom is -0.493 e. The quantitative estimate of drug-likeness (QED) is 0.881. The van der Waals surface area contributed by atoms with Crippen LogP contribution in [0.25, 0.3) is 0 Å². The summed E-state index contributed by atoms with van der Waals surface area (Å²) in [4.78, 5) is 12.3. The zero-order valence-electron chi connectivity index (χ0n) is 11.4. The first-order valence-electron chi connectivity index (χ1n) is 6.29. The maximum absolute atomic E-state index is 11.1. The highest BCUT2D eigenvalue weighted by Gasteiger charge is 2.15. The second-order valence-electron chi connectivity index (χ2n) is 4.18. The van der Waals surface area contributed by atoms with E-state index in [1.165, 1.54) is 11.3 Å². The maximum Gasteiger partial charge on any atom is 0.349 e. The predicted molar refractivity (Wildman–Crippen MR) is 78.0 cm³/mol. The van der Waals surface area contributed by atoms with Crippen molar-refractivity contribution in [2.45, 2.75) is 20.5 Å². The summed E-state index contributed by atoms with van der Waals surface area (Å²) < 4.78 is 11.2. The molecule has 0 aliphatic rings. The van der Waals surface area contributed by atoms with Crippen molar-refractivity contribution in [3.63, 3.8) is 0 Å². The Morgan fingerprint density at radius 3 is 2.70 bits per heavy atom. The summed E-state index contributed by atoms with van der Waals surface area (Å²) in [6, 6.07) is 9.32. The third kappa shape index (κ3) is 3.30. The molecular formula is C15H16O4S. The van der Waals surface area contributed by atoms with Crippen LogP contribution in [0.5, 0.6) is 11.5 Å². The van der Waals surface area contributed by atoms with Crippen molar-refractivity contribution in [2.75, 3.05) is 6.61 Å². The SMILES string of the molecule is CCOc1ccccc1COc1cc(C)sc1C(=O)O. The van der Waals surface area contributed by atoms with Crippen LogP contribution in [-0.2, 0) is 6.61 Å². The minimum absolute atomic E-state index is 0.233. The van der Waals surface area contributed by atoms with Gasteiger partial charge in [-0.3, -0.25) is 0 Å². The molecule has 1 aromatic carbocycles. The molecule has 4 nitrogen and oxygen atoms in total. The molecule has 1 heterocycles. The molecular weight excluding hydrogens is 276 g/mol. The number of rotatable bonds is 6. The van der Waals surface area contributed by atoms with Crippen LogP contribution in [0.3, 0.4) is 0 Å². The van der Waals surface area contributed by atoms with Crippen molar-refractivity contribution < 1.29 is 19.4 Å². The number of para-hydroxylation sites is 1. The average Bonchev–Trinajstić information content (AvgIpc) is 2.79. The molecule has 0 atom stereocenters. The number of carbonyl (C=O) groups is 1. The fraction of sp³-hybridized carbons (Fsp3) is 0.267. The largest absolute Gasteiger partial charge is 0.493 e. The van der Waals surface area contributed by atoms with Gasteiger partial charge in [-0.25, -0.2) is 4.79 Å². The lowest BCUT2D eigenvalue weighted by Crippen LogP contribution is -2.02. The van der Waals surface area contributed by atoms with Crippen LogP contribution in [0, 0.1) is 6.92 Å². The van der Waals surface area contributed by atoms with E-state index in [1.807, 2.05) is 38.1 Å². The second-order valence-corrected chi connectivity index (χ2v) is 5.44. The average molecular weight is 292 g/mol. The number of carboxylic acids is 1. The van der Waals surface area contributed by atoms with Gasteiger partial charge < -0.3 is 14.6 Å². The van der Waals surface area contributed by atoms with E-state index in [4.69, 9.17) is 14.6 Å². The number of ether oxygens (including phenoxy) is 2. The molecule has 20 heavy (non-hydrogen) atoms. The standard InChI is InChI=1S/C15H16O4S/c1-3-18-12-7-5-4-6-11(12)9-19-13-8-10(2)20-14(13)15(16)17/h4-8H,3,9H2,1-2H3,(H,16,17). The Morgan fingerprint density at radius 2 is 2.00 bits per heavy atom. The summed E-state index contributed by atoms with van der Waals surface area (Å²) in [6.07, 6.45) is 0. The number of benzene rings is 1. The normalized spacial score (nSPS) is 10.3. The summed E-state index contributed by atoms with van der Waals surface area (Å²) in [6.45, 7) is 4.64. The molecule has 0 radical (unpaired) electrons. The van der Waals surface area contributed by atoms with Crippen LogP contribution < -0.4 is 9.47 Å². The molecule has 106 valence electrons. The molecule has 0 amide bonds. The van der Waals surface area contributed by atoms with Crippen molar-refractivity contribution in [3.05, 3.63) is 45.6 Å². The Morgan fingerprint density at radius 1 is 1.25 bits per heavy atom. The van der Waals surface area contributed by atoms with E-state index in [9.17, 15) is 4.79 Å². The smallest absolute Gasteiger partial charge is 0.349 e. The Balaban J connectivity index is 2.15. The van der Waals surface area contributed by atoms with E-state index in [2.05, 4.69) is 0 Å². The zero-order valence-corrected chi connectivity index (χ0v) is 12.2. The predicted octanol–water partition coefficient (Wildman–Crippen LogP) is 3.73. The van der Waals surface area contributed by atoms with Gasteiger partial charge in [0.2, 0.25) is 0 Å². The summed E-state index contributed by atoms with van der Waals surface area (Å²) in [5.41, 5.74) is 0.898. The maximum atomic E-state index is 11.1.